The molecule has 5 nitrogen and oxygen atoms in total. The number of para-hydroxylation sites is 1. The van der Waals surface area contributed by atoms with Crippen molar-refractivity contribution in [3.05, 3.63) is 82.8 Å². The summed E-state index contributed by atoms with van der Waals surface area (Å²) in [5.41, 5.74) is 3.30. The van der Waals surface area contributed by atoms with Crippen LogP contribution in [0.5, 0.6) is 5.75 Å². The summed E-state index contributed by atoms with van der Waals surface area (Å²) in [4.78, 5) is 24.1. The number of nitrogens with one attached hydrogen (secondary N) is 1. The summed E-state index contributed by atoms with van der Waals surface area (Å²) in [5.74, 6) is 1.31. The van der Waals surface area contributed by atoms with E-state index in [1.54, 1.807) is 13.3 Å². The van der Waals surface area contributed by atoms with Crippen LogP contribution in [-0.4, -0.2) is 22.1 Å². The van der Waals surface area contributed by atoms with Gasteiger partial charge in [-0.2, -0.15) is 0 Å². The number of pyridine rings is 1. The highest BCUT2D eigenvalue weighted by Crippen LogP contribution is 2.24. The maximum Gasteiger partial charge on any atom is 0.252 e. The smallest absolute Gasteiger partial charge is 0.252 e. The predicted octanol–water partition coefficient (Wildman–Crippen LogP) is 4.29. The number of benzene rings is 2. The number of H-pyrrole nitrogens is 1. The Kier molecular flexibility index (Phi) is 4.89. The summed E-state index contributed by atoms with van der Waals surface area (Å²) in [5, 5.41) is 1.65. The molecule has 0 spiro atoms. The molecule has 0 fully saturated rings. The van der Waals surface area contributed by atoms with E-state index in [1.165, 1.54) is 11.8 Å². The Morgan fingerprint density at radius 1 is 1.07 bits per heavy atom. The third kappa shape index (κ3) is 3.85. The van der Waals surface area contributed by atoms with Gasteiger partial charge in [-0.05, 0) is 47.9 Å². The lowest BCUT2D eigenvalue weighted by molar-refractivity contribution is 0.415. The van der Waals surface area contributed by atoms with Crippen molar-refractivity contribution in [3.63, 3.8) is 0 Å². The fourth-order valence-corrected chi connectivity index (χ4v) is 3.57. The Labute approximate surface area is 160 Å². The third-order valence-electron chi connectivity index (χ3n) is 4.21. The molecule has 2 aromatic heterocycles. The molecule has 2 aromatic carbocycles. The summed E-state index contributed by atoms with van der Waals surface area (Å²) in [6, 6.07) is 19.3. The number of aromatic amines is 1. The number of hydrogen-bond acceptors (Lipinski definition) is 5. The van der Waals surface area contributed by atoms with Gasteiger partial charge in [-0.25, -0.2) is 9.97 Å². The van der Waals surface area contributed by atoms with Crippen LogP contribution in [0.4, 0.5) is 0 Å². The van der Waals surface area contributed by atoms with Gasteiger partial charge in [-0.15, -0.1) is 0 Å². The monoisotopic (exact) mass is 375 g/mol. The first-order valence-electron chi connectivity index (χ1n) is 8.44. The fraction of sp³-hybridized carbons (Fsp3) is 0.0952. The standard InChI is InChI=1S/C21H17N3O2S/c1-26-17-8-6-14(7-9-17)19-10-11-22-21(24-19)27-13-16-12-15-4-2-3-5-18(15)23-20(16)25/h2-12H,13H2,1H3,(H,23,25). The van der Waals surface area contributed by atoms with Gasteiger partial charge in [0.15, 0.2) is 5.16 Å². The van der Waals surface area contributed by atoms with Crippen LogP contribution < -0.4 is 10.3 Å². The van der Waals surface area contributed by atoms with Crippen LogP contribution in [0.25, 0.3) is 22.2 Å². The molecule has 0 radical (unpaired) electrons. The molecule has 0 saturated carbocycles. The lowest BCUT2D eigenvalue weighted by Crippen LogP contribution is -2.11. The molecule has 0 aliphatic heterocycles. The van der Waals surface area contributed by atoms with Gasteiger partial charge in [-0.1, -0.05) is 30.0 Å². The van der Waals surface area contributed by atoms with Crippen LogP contribution in [-0.2, 0) is 5.75 Å². The number of rotatable bonds is 5. The van der Waals surface area contributed by atoms with E-state index in [0.29, 0.717) is 16.5 Å². The van der Waals surface area contributed by atoms with Crippen LogP contribution in [0.1, 0.15) is 5.56 Å². The van der Waals surface area contributed by atoms with E-state index in [9.17, 15) is 4.79 Å². The summed E-state index contributed by atoms with van der Waals surface area (Å²) in [6.45, 7) is 0. The number of thioether (sulfide) groups is 1. The van der Waals surface area contributed by atoms with E-state index in [0.717, 1.165) is 27.9 Å². The van der Waals surface area contributed by atoms with Crippen molar-refractivity contribution >= 4 is 22.7 Å². The molecule has 1 N–H and O–H groups in total. The van der Waals surface area contributed by atoms with Gasteiger partial charge in [0.2, 0.25) is 0 Å². The number of aromatic nitrogens is 3. The molecule has 0 aliphatic carbocycles. The van der Waals surface area contributed by atoms with E-state index >= 15 is 0 Å². The van der Waals surface area contributed by atoms with Crippen LogP contribution in [0.15, 0.2) is 76.8 Å². The molecule has 0 atom stereocenters. The topological polar surface area (TPSA) is 67.9 Å². The summed E-state index contributed by atoms with van der Waals surface area (Å²) >= 11 is 1.45. The van der Waals surface area contributed by atoms with Gasteiger partial charge >= 0.3 is 0 Å². The van der Waals surface area contributed by atoms with Crippen LogP contribution >= 0.6 is 11.8 Å². The second kappa shape index (κ2) is 7.63. The van der Waals surface area contributed by atoms with Gasteiger partial charge in [0.25, 0.3) is 5.56 Å². The second-order valence-corrected chi connectivity index (χ2v) is 6.90. The molecule has 6 heteroatoms. The summed E-state index contributed by atoms with van der Waals surface area (Å²) < 4.78 is 5.19. The zero-order valence-electron chi connectivity index (χ0n) is 14.7. The molecule has 0 amide bonds. The average Bonchev–Trinajstić information content (AvgIpc) is 2.72. The molecular weight excluding hydrogens is 358 g/mol. The number of methoxy groups -OCH3 is 1. The summed E-state index contributed by atoms with van der Waals surface area (Å²) in [6.07, 6.45) is 1.74. The van der Waals surface area contributed by atoms with Crippen molar-refractivity contribution in [2.45, 2.75) is 10.9 Å². The molecule has 0 unspecified atom stereocenters. The third-order valence-corrected chi connectivity index (χ3v) is 5.12. The fourth-order valence-electron chi connectivity index (χ4n) is 2.77. The normalized spacial score (nSPS) is 10.9. The first kappa shape index (κ1) is 17.3. The van der Waals surface area contributed by atoms with E-state index < -0.39 is 0 Å². The van der Waals surface area contributed by atoms with Crippen molar-refractivity contribution in [2.24, 2.45) is 0 Å². The van der Waals surface area contributed by atoms with Crippen LogP contribution in [0, 0.1) is 0 Å². The predicted molar refractivity (Wildman–Crippen MR) is 108 cm³/mol. The maximum absolute atomic E-state index is 12.3. The van der Waals surface area contributed by atoms with E-state index in [4.69, 9.17) is 4.74 Å². The molecule has 2 heterocycles. The zero-order valence-corrected chi connectivity index (χ0v) is 15.5. The maximum atomic E-state index is 12.3. The highest BCUT2D eigenvalue weighted by Gasteiger charge is 2.07. The van der Waals surface area contributed by atoms with Gasteiger partial charge < -0.3 is 9.72 Å². The Hall–Kier alpha value is -3.12. The van der Waals surface area contributed by atoms with Crippen molar-refractivity contribution < 1.29 is 4.74 Å². The molecule has 27 heavy (non-hydrogen) atoms. The van der Waals surface area contributed by atoms with E-state index in [2.05, 4.69) is 15.0 Å². The molecule has 0 saturated heterocycles. The minimum Gasteiger partial charge on any atom is -0.497 e. The van der Waals surface area contributed by atoms with Crippen molar-refractivity contribution in [2.75, 3.05) is 7.11 Å². The Morgan fingerprint density at radius 3 is 2.70 bits per heavy atom. The minimum atomic E-state index is -0.0764. The van der Waals surface area contributed by atoms with Gasteiger partial charge in [0, 0.05) is 28.6 Å². The van der Waals surface area contributed by atoms with Crippen molar-refractivity contribution in [3.8, 4) is 17.0 Å². The molecular formula is C21H17N3O2S. The average molecular weight is 375 g/mol. The Morgan fingerprint density at radius 2 is 1.89 bits per heavy atom. The number of fused-ring (bicyclic) bond motifs is 1. The summed E-state index contributed by atoms with van der Waals surface area (Å²) in [7, 11) is 1.64. The zero-order chi connectivity index (χ0) is 18.6. The van der Waals surface area contributed by atoms with Gasteiger partial charge in [0.1, 0.15) is 5.75 Å². The van der Waals surface area contributed by atoms with Gasteiger partial charge in [-0.3, -0.25) is 4.79 Å². The van der Waals surface area contributed by atoms with E-state index in [-0.39, 0.29) is 5.56 Å². The van der Waals surface area contributed by atoms with Crippen LogP contribution in [0.3, 0.4) is 0 Å². The quantitative estimate of drug-likeness (QED) is 0.416. The molecule has 134 valence electrons. The molecule has 4 aromatic rings. The lowest BCUT2D eigenvalue weighted by atomic mass is 10.1. The second-order valence-electron chi connectivity index (χ2n) is 5.95. The van der Waals surface area contributed by atoms with Crippen molar-refractivity contribution in [1.82, 2.24) is 15.0 Å². The minimum absolute atomic E-state index is 0.0764. The molecule has 0 aliphatic rings. The Balaban J connectivity index is 1.55. The number of nitrogens with zero attached hydrogens (tertiary/aromatic N) is 2. The lowest BCUT2D eigenvalue weighted by Gasteiger charge is -2.06. The molecule has 4 rings (SSSR count). The van der Waals surface area contributed by atoms with Crippen molar-refractivity contribution in [1.29, 1.82) is 0 Å². The first-order valence-corrected chi connectivity index (χ1v) is 9.43. The molecule has 0 bridgehead atoms. The van der Waals surface area contributed by atoms with E-state index in [1.807, 2.05) is 60.7 Å². The van der Waals surface area contributed by atoms with Gasteiger partial charge in [0.05, 0.1) is 12.8 Å². The first-order chi connectivity index (χ1) is 13.2. The highest BCUT2D eigenvalue weighted by molar-refractivity contribution is 7.98. The SMILES string of the molecule is COc1ccc(-c2ccnc(SCc3cc4ccccc4[nH]c3=O)n2)cc1. The number of hydrogen-bond donors (Lipinski definition) is 1. The van der Waals surface area contributed by atoms with Crippen LogP contribution in [0.2, 0.25) is 0 Å². The highest BCUT2D eigenvalue weighted by atomic mass is 32.2. The number of ether oxygens (including phenoxy) is 1. The largest absolute Gasteiger partial charge is 0.497 e. The Bertz CT molecular complexity index is 1140.